The van der Waals surface area contributed by atoms with Crippen molar-refractivity contribution >= 4 is 0 Å². The molecule has 7 nitrogen and oxygen atoms in total. The first-order chi connectivity index (χ1) is 10.3. The molecule has 0 amide bonds. The van der Waals surface area contributed by atoms with Gasteiger partial charge in [0.1, 0.15) is 6.54 Å². The highest BCUT2D eigenvalue weighted by Crippen LogP contribution is 2.07. The second-order valence-corrected chi connectivity index (χ2v) is 4.70. The Hall–Kier alpha value is -2.54. The molecule has 1 N–H and O–H groups in total. The fourth-order valence-electron chi connectivity index (χ4n) is 2.02. The van der Waals surface area contributed by atoms with E-state index in [9.17, 15) is 0 Å². The van der Waals surface area contributed by atoms with E-state index in [2.05, 4.69) is 25.8 Å². The lowest BCUT2D eigenvalue weighted by atomic mass is 10.1. The van der Waals surface area contributed by atoms with E-state index in [1.54, 1.807) is 4.68 Å². The summed E-state index contributed by atoms with van der Waals surface area (Å²) in [6.45, 7) is 1.11. The predicted molar refractivity (Wildman–Crippen MR) is 75.4 cm³/mol. The molecular weight excluding hydrogens is 268 g/mol. The molecule has 0 radical (unpaired) electrons. The van der Waals surface area contributed by atoms with Crippen LogP contribution in [-0.4, -0.2) is 32.2 Å². The van der Waals surface area contributed by atoms with Crippen LogP contribution in [-0.2, 0) is 19.5 Å². The monoisotopic (exact) mass is 284 g/mol. The van der Waals surface area contributed by atoms with Crippen molar-refractivity contribution < 1.29 is 4.52 Å². The van der Waals surface area contributed by atoms with Gasteiger partial charge in [-0.15, -0.1) is 5.10 Å². The summed E-state index contributed by atoms with van der Waals surface area (Å²) in [5.41, 5.74) is 2.03. The maximum atomic E-state index is 5.24. The van der Waals surface area contributed by atoms with E-state index in [-0.39, 0.29) is 0 Å². The van der Waals surface area contributed by atoms with Gasteiger partial charge in [-0.1, -0.05) is 40.7 Å². The Morgan fingerprint density at radius 2 is 2.10 bits per heavy atom. The van der Waals surface area contributed by atoms with Gasteiger partial charge in [0, 0.05) is 13.0 Å². The Kier molecular flexibility index (Phi) is 4.02. The lowest BCUT2D eigenvalue weighted by Crippen LogP contribution is -2.05. The van der Waals surface area contributed by atoms with Gasteiger partial charge in [0.15, 0.2) is 5.82 Å². The molecule has 7 heteroatoms. The third-order valence-corrected chi connectivity index (χ3v) is 2.96. The highest BCUT2D eigenvalue weighted by molar-refractivity contribution is 5.18. The van der Waals surface area contributed by atoms with Gasteiger partial charge >= 0.3 is 0 Å². The van der Waals surface area contributed by atoms with Crippen molar-refractivity contribution in [2.24, 2.45) is 0 Å². The Labute approximate surface area is 122 Å². The lowest BCUT2D eigenvalue weighted by molar-refractivity contribution is 0.360. The summed E-state index contributed by atoms with van der Waals surface area (Å²) in [5.74, 6) is 1.20. The fraction of sp³-hybridized carbons (Fsp3) is 0.286. The van der Waals surface area contributed by atoms with Crippen LogP contribution in [0.1, 0.15) is 23.0 Å². The van der Waals surface area contributed by atoms with Crippen LogP contribution in [0.3, 0.4) is 0 Å². The number of nitrogens with zero attached hydrogens (tertiary/aromatic N) is 5. The largest absolute Gasteiger partial charge is 0.337 e. The molecule has 3 aromatic rings. The molecule has 2 heterocycles. The minimum atomic E-state index is 0.429. The molecule has 0 spiro atoms. The van der Waals surface area contributed by atoms with Gasteiger partial charge in [0.2, 0.25) is 5.89 Å². The molecule has 0 aliphatic heterocycles. The van der Waals surface area contributed by atoms with Crippen LogP contribution in [0.15, 0.2) is 41.1 Å². The number of rotatable bonds is 6. The van der Waals surface area contributed by atoms with Gasteiger partial charge < -0.3 is 9.84 Å². The SMILES string of the molecule is CNCc1cn(Cc2nc(Cc3ccccc3)no2)nn1. The summed E-state index contributed by atoms with van der Waals surface area (Å²) in [5, 5.41) is 15.1. The van der Waals surface area contributed by atoms with Crippen LogP contribution >= 0.6 is 0 Å². The molecule has 0 saturated carbocycles. The smallest absolute Gasteiger partial charge is 0.248 e. The third-order valence-electron chi connectivity index (χ3n) is 2.96. The Morgan fingerprint density at radius 3 is 2.90 bits per heavy atom. The quantitative estimate of drug-likeness (QED) is 0.728. The second-order valence-electron chi connectivity index (χ2n) is 4.70. The van der Waals surface area contributed by atoms with Gasteiger partial charge in [-0.3, -0.25) is 0 Å². The molecule has 2 aromatic heterocycles. The normalized spacial score (nSPS) is 10.9. The van der Waals surface area contributed by atoms with Gasteiger partial charge in [0.25, 0.3) is 0 Å². The zero-order valence-electron chi connectivity index (χ0n) is 11.7. The van der Waals surface area contributed by atoms with E-state index >= 15 is 0 Å². The van der Waals surface area contributed by atoms with Gasteiger partial charge in [-0.2, -0.15) is 4.98 Å². The standard InChI is InChI=1S/C14H16N6O/c1-15-8-12-9-20(19-17-12)10-14-16-13(18-21-14)7-11-5-3-2-4-6-11/h2-6,9,15H,7-8,10H2,1H3. The number of benzene rings is 1. The zero-order chi connectivity index (χ0) is 14.5. The zero-order valence-corrected chi connectivity index (χ0v) is 11.7. The van der Waals surface area contributed by atoms with Crippen LogP contribution in [0.4, 0.5) is 0 Å². The molecule has 108 valence electrons. The van der Waals surface area contributed by atoms with Crippen molar-refractivity contribution in [2.75, 3.05) is 7.05 Å². The summed E-state index contributed by atoms with van der Waals surface area (Å²) >= 11 is 0. The number of aromatic nitrogens is 5. The maximum absolute atomic E-state index is 5.24. The van der Waals surface area contributed by atoms with Gasteiger partial charge in [0.05, 0.1) is 11.9 Å². The summed E-state index contributed by atoms with van der Waals surface area (Å²) < 4.78 is 6.93. The van der Waals surface area contributed by atoms with Crippen LogP contribution in [0.25, 0.3) is 0 Å². The van der Waals surface area contributed by atoms with E-state index < -0.39 is 0 Å². The summed E-state index contributed by atoms with van der Waals surface area (Å²) in [6.07, 6.45) is 2.52. The van der Waals surface area contributed by atoms with Crippen molar-refractivity contribution in [2.45, 2.75) is 19.5 Å². The Bertz CT molecular complexity index is 690. The first-order valence-corrected chi connectivity index (χ1v) is 6.72. The molecule has 0 bridgehead atoms. The highest BCUT2D eigenvalue weighted by Gasteiger charge is 2.09. The third kappa shape index (κ3) is 3.51. The molecule has 0 unspecified atom stereocenters. The van der Waals surface area contributed by atoms with Crippen LogP contribution in [0.2, 0.25) is 0 Å². The van der Waals surface area contributed by atoms with Crippen LogP contribution in [0, 0.1) is 0 Å². The Morgan fingerprint density at radius 1 is 1.24 bits per heavy atom. The fourth-order valence-corrected chi connectivity index (χ4v) is 2.02. The average Bonchev–Trinajstić information content (AvgIpc) is 3.11. The first-order valence-electron chi connectivity index (χ1n) is 6.72. The summed E-state index contributed by atoms with van der Waals surface area (Å²) in [6, 6.07) is 10.1. The molecule has 3 rings (SSSR count). The van der Waals surface area contributed by atoms with Gasteiger partial charge in [-0.25, -0.2) is 4.68 Å². The average molecular weight is 284 g/mol. The molecule has 0 aliphatic carbocycles. The molecule has 0 aliphatic rings. The van der Waals surface area contributed by atoms with Crippen molar-refractivity contribution in [3.8, 4) is 0 Å². The van der Waals surface area contributed by atoms with E-state index in [1.165, 1.54) is 0 Å². The lowest BCUT2D eigenvalue weighted by Gasteiger charge is -1.94. The Balaban J connectivity index is 1.64. The highest BCUT2D eigenvalue weighted by atomic mass is 16.5. The molecule has 21 heavy (non-hydrogen) atoms. The minimum Gasteiger partial charge on any atom is -0.337 e. The maximum Gasteiger partial charge on any atom is 0.248 e. The second kappa shape index (κ2) is 6.27. The van der Waals surface area contributed by atoms with Crippen LogP contribution < -0.4 is 5.32 Å². The number of nitrogens with one attached hydrogen (secondary N) is 1. The number of hydrogen-bond donors (Lipinski definition) is 1. The van der Waals surface area contributed by atoms with Crippen molar-refractivity contribution in [1.29, 1.82) is 0 Å². The van der Waals surface area contributed by atoms with E-state index in [0.717, 1.165) is 11.3 Å². The van der Waals surface area contributed by atoms with Gasteiger partial charge in [-0.05, 0) is 12.6 Å². The van der Waals surface area contributed by atoms with E-state index in [4.69, 9.17) is 4.52 Å². The molecular formula is C14H16N6O. The van der Waals surface area contributed by atoms with E-state index in [0.29, 0.717) is 31.2 Å². The summed E-state index contributed by atoms with van der Waals surface area (Å²) in [4.78, 5) is 4.37. The van der Waals surface area contributed by atoms with Crippen molar-refractivity contribution in [3.63, 3.8) is 0 Å². The topological polar surface area (TPSA) is 81.7 Å². The molecule has 0 atom stereocenters. The predicted octanol–water partition coefficient (Wildman–Crippen LogP) is 1.02. The minimum absolute atomic E-state index is 0.429. The van der Waals surface area contributed by atoms with Crippen LogP contribution in [0.5, 0.6) is 0 Å². The number of hydrogen-bond acceptors (Lipinski definition) is 6. The molecule has 0 saturated heterocycles. The summed E-state index contributed by atoms with van der Waals surface area (Å²) in [7, 11) is 1.87. The first kappa shape index (κ1) is 13.4. The van der Waals surface area contributed by atoms with Crippen molar-refractivity contribution in [1.82, 2.24) is 30.5 Å². The molecule has 0 fully saturated rings. The van der Waals surface area contributed by atoms with Crippen molar-refractivity contribution in [3.05, 3.63) is 59.5 Å². The van der Waals surface area contributed by atoms with E-state index in [1.807, 2.05) is 43.6 Å². The molecule has 1 aromatic carbocycles.